The van der Waals surface area contributed by atoms with Gasteiger partial charge in [-0.15, -0.1) is 0 Å². The zero-order valence-corrected chi connectivity index (χ0v) is 17.4. The molecule has 152 valence electrons. The van der Waals surface area contributed by atoms with E-state index >= 15 is 0 Å². The number of hydrogen-bond donors (Lipinski definition) is 2. The van der Waals surface area contributed by atoms with E-state index in [1.165, 1.54) is 41.2 Å². The molecule has 0 bridgehead atoms. The molecule has 0 spiro atoms. The highest BCUT2D eigenvalue weighted by atomic mass is 32.2. The molecule has 2 N–H and O–H groups in total. The number of nitrogens with one attached hydrogen (secondary N) is 2. The van der Waals surface area contributed by atoms with E-state index in [9.17, 15) is 14.4 Å². The van der Waals surface area contributed by atoms with Crippen molar-refractivity contribution >= 4 is 52.1 Å². The van der Waals surface area contributed by atoms with Crippen LogP contribution in [-0.4, -0.2) is 38.5 Å². The molecule has 1 aliphatic rings. The smallest absolute Gasteiger partial charge is 0.269 e. The molecule has 1 aliphatic heterocycles. The summed E-state index contributed by atoms with van der Waals surface area (Å²) in [7, 11) is 0. The molecule has 1 fully saturated rings. The topological polar surface area (TPSA) is 91.4 Å². The first-order chi connectivity index (χ1) is 14.5. The van der Waals surface area contributed by atoms with Gasteiger partial charge in [-0.25, -0.2) is 0 Å². The summed E-state index contributed by atoms with van der Waals surface area (Å²) in [5.74, 6) is -1.12. The van der Waals surface area contributed by atoms with E-state index in [-0.39, 0.29) is 18.9 Å². The van der Waals surface area contributed by atoms with Gasteiger partial charge in [0.05, 0.1) is 4.91 Å². The van der Waals surface area contributed by atoms with Gasteiger partial charge in [0.15, 0.2) is 0 Å². The molecule has 7 nitrogen and oxygen atoms in total. The average molecular weight is 439 g/mol. The minimum atomic E-state index is -0.454. The number of hydrogen-bond acceptors (Lipinski definition) is 6. The normalized spacial score (nSPS) is 15.1. The summed E-state index contributed by atoms with van der Waals surface area (Å²) in [6.07, 6.45) is 8.36. The minimum Gasteiger partial charge on any atom is -0.292 e. The third-order valence-electron chi connectivity index (χ3n) is 4.03. The van der Waals surface area contributed by atoms with Crippen molar-refractivity contribution in [3.63, 3.8) is 0 Å². The van der Waals surface area contributed by atoms with Gasteiger partial charge in [0.2, 0.25) is 5.91 Å². The van der Waals surface area contributed by atoms with Crippen LogP contribution in [0.15, 0.2) is 71.9 Å². The molecule has 30 heavy (non-hydrogen) atoms. The van der Waals surface area contributed by atoms with Gasteiger partial charge in [-0.1, -0.05) is 66.5 Å². The highest BCUT2D eigenvalue weighted by molar-refractivity contribution is 8.26. The van der Waals surface area contributed by atoms with Crippen molar-refractivity contribution in [2.45, 2.75) is 6.42 Å². The number of rotatable bonds is 6. The van der Waals surface area contributed by atoms with Gasteiger partial charge in [0, 0.05) is 30.9 Å². The Labute approximate surface area is 183 Å². The number of allylic oxidation sites excluding steroid dienone is 2. The average Bonchev–Trinajstić information content (AvgIpc) is 3.04. The highest BCUT2D eigenvalue weighted by Crippen LogP contribution is 2.31. The number of aromatic nitrogens is 1. The lowest BCUT2D eigenvalue weighted by Crippen LogP contribution is -2.43. The van der Waals surface area contributed by atoms with Crippen molar-refractivity contribution in [2.75, 3.05) is 6.54 Å². The lowest BCUT2D eigenvalue weighted by molar-refractivity contribution is -0.124. The SMILES string of the molecule is O=C(CCN1C(=O)C(=CC=Cc2ccccc2)SC1=S)NNC(=O)c1ccncc1. The molecule has 0 unspecified atom stereocenters. The van der Waals surface area contributed by atoms with Gasteiger partial charge in [-0.05, 0) is 23.8 Å². The van der Waals surface area contributed by atoms with Crippen LogP contribution >= 0.6 is 24.0 Å². The maximum Gasteiger partial charge on any atom is 0.269 e. The van der Waals surface area contributed by atoms with Crippen LogP contribution in [0.2, 0.25) is 0 Å². The first kappa shape index (κ1) is 21.4. The molecule has 9 heteroatoms. The molecule has 0 radical (unpaired) electrons. The van der Waals surface area contributed by atoms with E-state index in [1.807, 2.05) is 36.4 Å². The molecule has 1 saturated heterocycles. The van der Waals surface area contributed by atoms with Crippen molar-refractivity contribution in [3.8, 4) is 0 Å². The molecule has 3 amide bonds. The number of amides is 3. The Morgan fingerprint density at radius 2 is 1.83 bits per heavy atom. The van der Waals surface area contributed by atoms with E-state index in [0.717, 1.165) is 5.56 Å². The van der Waals surface area contributed by atoms with E-state index in [1.54, 1.807) is 12.2 Å². The van der Waals surface area contributed by atoms with Crippen LogP contribution < -0.4 is 10.9 Å². The summed E-state index contributed by atoms with van der Waals surface area (Å²) < 4.78 is 0.396. The van der Waals surface area contributed by atoms with E-state index in [2.05, 4.69) is 15.8 Å². The molecule has 1 aromatic heterocycles. The largest absolute Gasteiger partial charge is 0.292 e. The standard InChI is InChI=1S/C21H18N4O3S2/c26-18(23-24-19(27)16-9-12-22-13-10-16)11-14-25-20(28)17(30-21(25)29)8-4-7-15-5-2-1-3-6-15/h1-10,12-13H,11,14H2,(H,23,26)(H,24,27). The Kier molecular flexibility index (Phi) is 7.47. The monoisotopic (exact) mass is 438 g/mol. The van der Waals surface area contributed by atoms with E-state index < -0.39 is 11.8 Å². The van der Waals surface area contributed by atoms with Crippen molar-refractivity contribution < 1.29 is 14.4 Å². The Morgan fingerprint density at radius 1 is 1.10 bits per heavy atom. The summed E-state index contributed by atoms with van der Waals surface area (Å²) in [6.45, 7) is 0.126. The fourth-order valence-electron chi connectivity index (χ4n) is 2.50. The first-order valence-corrected chi connectivity index (χ1v) is 10.2. The molecule has 3 rings (SSSR count). The number of benzene rings is 1. The predicted octanol–water partition coefficient (Wildman–Crippen LogP) is 2.69. The van der Waals surface area contributed by atoms with Gasteiger partial charge >= 0.3 is 0 Å². The third kappa shape index (κ3) is 5.85. The second-order valence-electron chi connectivity index (χ2n) is 6.11. The Hall–Kier alpha value is -3.30. The van der Waals surface area contributed by atoms with Gasteiger partial charge in [-0.2, -0.15) is 0 Å². The van der Waals surface area contributed by atoms with Gasteiger partial charge < -0.3 is 0 Å². The summed E-state index contributed by atoms with van der Waals surface area (Å²) in [4.78, 5) is 42.1. The zero-order valence-electron chi connectivity index (χ0n) is 15.8. The Balaban J connectivity index is 1.48. The zero-order chi connectivity index (χ0) is 21.3. The third-order valence-corrected chi connectivity index (χ3v) is 5.43. The number of nitrogens with zero attached hydrogens (tertiary/aromatic N) is 2. The van der Waals surface area contributed by atoms with E-state index in [0.29, 0.717) is 14.8 Å². The Morgan fingerprint density at radius 3 is 2.57 bits per heavy atom. The van der Waals surface area contributed by atoms with Crippen molar-refractivity contribution in [3.05, 3.63) is 83.0 Å². The van der Waals surface area contributed by atoms with Crippen LogP contribution in [0, 0.1) is 0 Å². The second-order valence-corrected chi connectivity index (χ2v) is 7.79. The highest BCUT2D eigenvalue weighted by Gasteiger charge is 2.31. The van der Waals surface area contributed by atoms with Gasteiger partial charge in [0.25, 0.3) is 11.8 Å². The molecular weight excluding hydrogens is 420 g/mol. The molecule has 0 saturated carbocycles. The number of thioether (sulfide) groups is 1. The quantitative estimate of drug-likeness (QED) is 0.409. The lowest BCUT2D eigenvalue weighted by Gasteiger charge is -2.14. The summed E-state index contributed by atoms with van der Waals surface area (Å²) in [5, 5.41) is 0. The number of thiocarbonyl (C=S) groups is 1. The number of carbonyl (C=O) groups is 3. The van der Waals surface area contributed by atoms with Crippen LogP contribution in [0.5, 0.6) is 0 Å². The number of carbonyl (C=O) groups excluding carboxylic acids is 3. The molecule has 0 atom stereocenters. The van der Waals surface area contributed by atoms with Crippen LogP contribution in [0.3, 0.4) is 0 Å². The Bertz CT molecular complexity index is 1010. The lowest BCUT2D eigenvalue weighted by atomic mass is 10.2. The fourth-order valence-corrected chi connectivity index (χ4v) is 3.76. The minimum absolute atomic E-state index is 0.00377. The molecule has 1 aromatic carbocycles. The first-order valence-electron chi connectivity index (χ1n) is 9.01. The summed E-state index contributed by atoms with van der Waals surface area (Å²) >= 11 is 6.45. The van der Waals surface area contributed by atoms with Crippen LogP contribution in [0.4, 0.5) is 0 Å². The van der Waals surface area contributed by atoms with Gasteiger partial charge in [0.1, 0.15) is 4.32 Å². The van der Waals surface area contributed by atoms with Crippen LogP contribution in [0.25, 0.3) is 6.08 Å². The van der Waals surface area contributed by atoms with Crippen LogP contribution in [0.1, 0.15) is 22.3 Å². The van der Waals surface area contributed by atoms with Crippen molar-refractivity contribution in [1.29, 1.82) is 0 Å². The second kappa shape index (κ2) is 10.5. The summed E-state index contributed by atoms with van der Waals surface area (Å²) in [5.41, 5.74) is 6.04. The van der Waals surface area contributed by atoms with Crippen LogP contribution in [-0.2, 0) is 9.59 Å². The fraction of sp³-hybridized carbons (Fsp3) is 0.0952. The van der Waals surface area contributed by atoms with Gasteiger partial charge in [-0.3, -0.25) is 35.1 Å². The molecule has 0 aliphatic carbocycles. The maximum absolute atomic E-state index is 12.5. The van der Waals surface area contributed by atoms with Crippen molar-refractivity contribution in [2.24, 2.45) is 0 Å². The molecular formula is C21H18N4O3S2. The van der Waals surface area contributed by atoms with E-state index in [4.69, 9.17) is 12.2 Å². The molecule has 2 heterocycles. The van der Waals surface area contributed by atoms with Crippen molar-refractivity contribution in [1.82, 2.24) is 20.7 Å². The summed E-state index contributed by atoms with van der Waals surface area (Å²) in [6, 6.07) is 12.8. The maximum atomic E-state index is 12.5. The predicted molar refractivity (Wildman–Crippen MR) is 120 cm³/mol. The number of pyridine rings is 1. The molecule has 2 aromatic rings. The number of hydrazine groups is 1.